The van der Waals surface area contributed by atoms with E-state index in [2.05, 4.69) is 162 Å². The fraction of sp³-hybridized carbons (Fsp3) is 0. The van der Waals surface area contributed by atoms with Gasteiger partial charge in [-0.25, -0.2) is 15.0 Å². The van der Waals surface area contributed by atoms with E-state index in [1.165, 1.54) is 30.9 Å². The lowest BCUT2D eigenvalue weighted by Crippen LogP contribution is -2.02. The maximum absolute atomic E-state index is 6.40. The molecular formula is C57H34N4OS. The summed E-state index contributed by atoms with van der Waals surface area (Å²) >= 11 is 1.83. The Morgan fingerprint density at radius 3 is 1.62 bits per heavy atom. The molecule has 294 valence electrons. The maximum atomic E-state index is 6.40. The average Bonchev–Trinajstić information content (AvgIpc) is 4.03. The van der Waals surface area contributed by atoms with Gasteiger partial charge in [-0.3, -0.25) is 0 Å². The number of hydrogen-bond donors (Lipinski definition) is 0. The summed E-state index contributed by atoms with van der Waals surface area (Å²) in [5.41, 5.74) is 12.1. The summed E-state index contributed by atoms with van der Waals surface area (Å²) in [6, 6.07) is 72.8. The second kappa shape index (κ2) is 14.2. The topological polar surface area (TPSA) is 56.7 Å². The van der Waals surface area contributed by atoms with Crippen molar-refractivity contribution in [3.63, 3.8) is 0 Å². The highest BCUT2D eigenvalue weighted by Crippen LogP contribution is 2.46. The second-order valence-electron chi connectivity index (χ2n) is 15.9. The number of hydrogen-bond acceptors (Lipinski definition) is 5. The van der Waals surface area contributed by atoms with E-state index < -0.39 is 0 Å². The van der Waals surface area contributed by atoms with Gasteiger partial charge in [0, 0.05) is 69.7 Å². The highest BCUT2D eigenvalue weighted by molar-refractivity contribution is 7.26. The fourth-order valence-corrected chi connectivity index (χ4v) is 10.5. The number of para-hydroxylation sites is 3. The highest BCUT2D eigenvalue weighted by atomic mass is 32.1. The minimum Gasteiger partial charge on any atom is -0.456 e. The first-order chi connectivity index (χ1) is 31.2. The van der Waals surface area contributed by atoms with Crippen LogP contribution in [0.1, 0.15) is 0 Å². The molecule has 13 aromatic rings. The molecule has 0 atom stereocenters. The quantitative estimate of drug-likeness (QED) is 0.168. The lowest BCUT2D eigenvalue weighted by atomic mass is 9.92. The zero-order valence-electron chi connectivity index (χ0n) is 33.7. The summed E-state index contributed by atoms with van der Waals surface area (Å²) in [7, 11) is 0. The van der Waals surface area contributed by atoms with Crippen LogP contribution < -0.4 is 0 Å². The van der Waals surface area contributed by atoms with Crippen molar-refractivity contribution in [3.05, 3.63) is 206 Å². The molecule has 9 aromatic carbocycles. The summed E-state index contributed by atoms with van der Waals surface area (Å²) in [4.78, 5) is 15.8. The fourth-order valence-electron chi connectivity index (χ4n) is 9.32. The van der Waals surface area contributed by atoms with Crippen LogP contribution in [0.3, 0.4) is 0 Å². The van der Waals surface area contributed by atoms with Crippen molar-refractivity contribution in [2.45, 2.75) is 0 Å². The molecule has 0 aliphatic rings. The predicted octanol–water partition coefficient (Wildman–Crippen LogP) is 15.6. The van der Waals surface area contributed by atoms with Crippen LogP contribution in [0.25, 0.3) is 126 Å². The predicted molar refractivity (Wildman–Crippen MR) is 262 cm³/mol. The van der Waals surface area contributed by atoms with Crippen LogP contribution >= 0.6 is 11.3 Å². The van der Waals surface area contributed by atoms with E-state index in [0.29, 0.717) is 17.5 Å². The second-order valence-corrected chi connectivity index (χ2v) is 17.0. The van der Waals surface area contributed by atoms with Crippen molar-refractivity contribution < 1.29 is 4.42 Å². The van der Waals surface area contributed by atoms with Gasteiger partial charge >= 0.3 is 0 Å². The first-order valence-electron chi connectivity index (χ1n) is 21.1. The van der Waals surface area contributed by atoms with Gasteiger partial charge in [0.15, 0.2) is 17.5 Å². The van der Waals surface area contributed by atoms with E-state index in [9.17, 15) is 0 Å². The molecule has 0 aliphatic carbocycles. The first-order valence-corrected chi connectivity index (χ1v) is 21.9. The Morgan fingerprint density at radius 2 is 0.905 bits per heavy atom. The van der Waals surface area contributed by atoms with Gasteiger partial charge in [-0.15, -0.1) is 11.3 Å². The van der Waals surface area contributed by atoms with Crippen LogP contribution in [-0.2, 0) is 0 Å². The normalized spacial score (nSPS) is 11.8. The molecule has 0 amide bonds. The van der Waals surface area contributed by atoms with Gasteiger partial charge in [-0.05, 0) is 71.3 Å². The number of furan rings is 1. The van der Waals surface area contributed by atoms with Crippen molar-refractivity contribution in [1.29, 1.82) is 0 Å². The monoisotopic (exact) mass is 822 g/mol. The van der Waals surface area contributed by atoms with Gasteiger partial charge in [0.1, 0.15) is 11.2 Å². The largest absolute Gasteiger partial charge is 0.456 e. The van der Waals surface area contributed by atoms with Crippen LogP contribution in [0, 0.1) is 0 Å². The Hall–Kier alpha value is -8.19. The molecule has 13 rings (SSSR count). The average molecular weight is 823 g/mol. The molecule has 0 fully saturated rings. The molecule has 4 aromatic heterocycles. The number of benzene rings is 9. The molecule has 0 saturated heterocycles. The Kier molecular flexibility index (Phi) is 8.01. The molecule has 0 saturated carbocycles. The molecule has 0 aliphatic heterocycles. The smallest absolute Gasteiger partial charge is 0.164 e. The minimum atomic E-state index is 0.598. The standard InChI is InChI=1S/C57H34N4OS/c1-3-15-35(16-4-1)55-58-56(36-17-5-2-6-18-36)60-57(59-55)48-31-37(38-28-30-44-43-21-9-13-25-51(43)62-52(44)32-38)27-29-40(48)46-33-39(34-47-45-22-10-14-26-53(45)63-54(46)47)61-49-23-11-7-19-41(49)42-20-8-12-24-50(42)61/h1-34H. The third-order valence-corrected chi connectivity index (χ3v) is 13.5. The molecule has 5 nitrogen and oxygen atoms in total. The molecule has 0 N–H and O–H groups in total. The third-order valence-electron chi connectivity index (χ3n) is 12.3. The van der Waals surface area contributed by atoms with Crippen molar-refractivity contribution >= 4 is 75.3 Å². The molecular weight excluding hydrogens is 789 g/mol. The summed E-state index contributed by atoms with van der Waals surface area (Å²) in [6.45, 7) is 0. The van der Waals surface area contributed by atoms with E-state index in [-0.39, 0.29) is 0 Å². The van der Waals surface area contributed by atoms with Gasteiger partial charge in [-0.1, -0.05) is 152 Å². The van der Waals surface area contributed by atoms with Crippen molar-refractivity contribution in [1.82, 2.24) is 19.5 Å². The van der Waals surface area contributed by atoms with E-state index >= 15 is 0 Å². The van der Waals surface area contributed by atoms with Crippen LogP contribution in [0.4, 0.5) is 0 Å². The van der Waals surface area contributed by atoms with Gasteiger partial charge in [0.05, 0.1) is 11.0 Å². The highest BCUT2D eigenvalue weighted by Gasteiger charge is 2.22. The Morgan fingerprint density at radius 1 is 0.349 bits per heavy atom. The van der Waals surface area contributed by atoms with Gasteiger partial charge in [0.2, 0.25) is 0 Å². The van der Waals surface area contributed by atoms with E-state index in [1.807, 2.05) is 59.9 Å². The van der Waals surface area contributed by atoms with Gasteiger partial charge in [-0.2, -0.15) is 0 Å². The number of nitrogens with zero attached hydrogens (tertiary/aromatic N) is 4. The number of fused-ring (bicyclic) bond motifs is 9. The summed E-state index contributed by atoms with van der Waals surface area (Å²) in [5, 5.41) is 7.10. The van der Waals surface area contributed by atoms with Gasteiger partial charge < -0.3 is 8.98 Å². The minimum absolute atomic E-state index is 0.598. The Bertz CT molecular complexity index is 3810. The Labute approximate surface area is 365 Å². The van der Waals surface area contributed by atoms with Crippen molar-refractivity contribution in [2.75, 3.05) is 0 Å². The third kappa shape index (κ3) is 5.80. The number of thiophene rings is 1. The van der Waals surface area contributed by atoms with Crippen LogP contribution in [0.5, 0.6) is 0 Å². The van der Waals surface area contributed by atoms with E-state index in [1.54, 1.807) is 0 Å². The summed E-state index contributed by atoms with van der Waals surface area (Å²) in [6.07, 6.45) is 0. The zero-order valence-corrected chi connectivity index (χ0v) is 34.6. The maximum Gasteiger partial charge on any atom is 0.164 e. The zero-order chi connectivity index (χ0) is 41.4. The number of rotatable bonds is 6. The summed E-state index contributed by atoms with van der Waals surface area (Å²) < 4.78 is 11.3. The lowest BCUT2D eigenvalue weighted by Gasteiger charge is -2.17. The van der Waals surface area contributed by atoms with E-state index in [0.717, 1.165) is 77.6 Å². The van der Waals surface area contributed by atoms with Gasteiger partial charge in [0.25, 0.3) is 0 Å². The van der Waals surface area contributed by atoms with Crippen molar-refractivity contribution in [3.8, 4) is 62.1 Å². The van der Waals surface area contributed by atoms with Crippen LogP contribution in [0.2, 0.25) is 0 Å². The van der Waals surface area contributed by atoms with Crippen LogP contribution in [-0.4, -0.2) is 19.5 Å². The summed E-state index contributed by atoms with van der Waals surface area (Å²) in [5.74, 6) is 1.83. The first kappa shape index (κ1) is 35.6. The van der Waals surface area contributed by atoms with Crippen LogP contribution in [0.15, 0.2) is 211 Å². The number of aromatic nitrogens is 4. The molecule has 0 radical (unpaired) electrons. The SMILES string of the molecule is c1ccc(-c2nc(-c3ccccc3)nc(-c3cc(-c4ccc5c(c4)oc4ccccc45)ccc3-c3cc(-n4c5ccccc5c5ccccc54)cc4c3sc3ccccc34)n2)cc1. The molecule has 0 spiro atoms. The molecule has 0 bridgehead atoms. The molecule has 6 heteroatoms. The van der Waals surface area contributed by atoms with Crippen molar-refractivity contribution in [2.24, 2.45) is 0 Å². The Balaban J connectivity index is 1.12. The molecule has 63 heavy (non-hydrogen) atoms. The molecule has 4 heterocycles. The lowest BCUT2D eigenvalue weighted by molar-refractivity contribution is 0.669. The van der Waals surface area contributed by atoms with E-state index in [4.69, 9.17) is 19.4 Å². The molecule has 0 unspecified atom stereocenters.